The highest BCUT2D eigenvalue weighted by molar-refractivity contribution is 14.0. The van der Waals surface area contributed by atoms with Crippen molar-refractivity contribution in [2.45, 2.75) is 12.8 Å². The van der Waals surface area contributed by atoms with Crippen LogP contribution in [-0.4, -0.2) is 63.7 Å². The summed E-state index contributed by atoms with van der Waals surface area (Å²) < 4.78 is 5.65. The van der Waals surface area contributed by atoms with Gasteiger partial charge in [0.1, 0.15) is 0 Å². The molecule has 1 aliphatic carbocycles. The first-order valence-corrected chi connectivity index (χ1v) is 9.02. The smallest absolute Gasteiger partial charge is 0.252 e. The molecule has 0 unspecified atom stereocenters. The van der Waals surface area contributed by atoms with Gasteiger partial charge in [0.05, 0.1) is 17.2 Å². The topological polar surface area (TPSA) is 66.0 Å². The Bertz CT molecular complexity index is 596. The quantitative estimate of drug-likeness (QED) is 0.240. The minimum Gasteiger partial charge on any atom is -0.379 e. The van der Waals surface area contributed by atoms with Gasteiger partial charge in [-0.15, -0.1) is 24.0 Å². The van der Waals surface area contributed by atoms with Crippen molar-refractivity contribution in [3.63, 3.8) is 0 Å². The maximum absolute atomic E-state index is 12.1. The first-order chi connectivity index (χ1) is 12.1. The van der Waals surface area contributed by atoms with Crippen LogP contribution in [0.25, 0.3) is 0 Å². The lowest BCUT2D eigenvalue weighted by Gasteiger charge is -2.22. The summed E-state index contributed by atoms with van der Waals surface area (Å²) in [4.78, 5) is 18.3. The van der Waals surface area contributed by atoms with Crippen molar-refractivity contribution in [2.24, 2.45) is 10.9 Å². The zero-order valence-electron chi connectivity index (χ0n) is 15.3. The number of amides is 1. The number of hydrogen-bond acceptors (Lipinski definition) is 3. The first kappa shape index (κ1) is 23.0. The van der Waals surface area contributed by atoms with Crippen LogP contribution in [-0.2, 0) is 4.74 Å². The second-order valence-electron chi connectivity index (χ2n) is 6.15. The summed E-state index contributed by atoms with van der Waals surface area (Å²) in [5.74, 6) is 1.38. The third-order valence-corrected chi connectivity index (χ3v) is 4.34. The fourth-order valence-electron chi connectivity index (χ4n) is 2.32. The van der Waals surface area contributed by atoms with E-state index in [1.165, 1.54) is 12.8 Å². The van der Waals surface area contributed by atoms with Crippen LogP contribution in [0.5, 0.6) is 0 Å². The lowest BCUT2D eigenvalue weighted by atomic mass is 10.2. The molecular formula is C18H28ClIN4O2. The number of hydrogen-bond donors (Lipinski definition) is 2. The van der Waals surface area contributed by atoms with Gasteiger partial charge in [0, 0.05) is 40.3 Å². The summed E-state index contributed by atoms with van der Waals surface area (Å²) in [6.45, 7) is 3.40. The van der Waals surface area contributed by atoms with Gasteiger partial charge in [-0.1, -0.05) is 23.7 Å². The Hall–Kier alpha value is -1.06. The first-order valence-electron chi connectivity index (χ1n) is 8.64. The highest BCUT2D eigenvalue weighted by Gasteiger charge is 2.21. The van der Waals surface area contributed by atoms with E-state index in [1.54, 1.807) is 31.3 Å². The van der Waals surface area contributed by atoms with Gasteiger partial charge >= 0.3 is 0 Å². The summed E-state index contributed by atoms with van der Waals surface area (Å²) in [7, 11) is 3.71. The Balaban J connectivity index is 0.00000338. The van der Waals surface area contributed by atoms with E-state index in [0.717, 1.165) is 25.0 Å². The predicted octanol–water partition coefficient (Wildman–Crippen LogP) is 2.62. The van der Waals surface area contributed by atoms with Gasteiger partial charge in [0.15, 0.2) is 5.96 Å². The molecule has 0 heterocycles. The molecule has 8 heteroatoms. The van der Waals surface area contributed by atoms with E-state index in [1.807, 2.05) is 11.9 Å². The van der Waals surface area contributed by atoms with Crippen LogP contribution >= 0.6 is 35.6 Å². The van der Waals surface area contributed by atoms with Gasteiger partial charge in [-0.3, -0.25) is 9.79 Å². The molecule has 146 valence electrons. The number of carbonyl (C=O) groups is 1. The molecule has 0 atom stereocenters. The Morgan fingerprint density at radius 1 is 1.31 bits per heavy atom. The molecule has 1 fully saturated rings. The number of carbonyl (C=O) groups excluding carboxylic acids is 1. The summed E-state index contributed by atoms with van der Waals surface area (Å²) in [6, 6.07) is 7.01. The number of halogens is 2. The van der Waals surface area contributed by atoms with E-state index in [9.17, 15) is 4.79 Å². The zero-order chi connectivity index (χ0) is 18.1. The SMILES string of the molecule is CN=C(NCCNC(=O)c1ccccc1Cl)N(C)CCOCC1CC1.I. The van der Waals surface area contributed by atoms with Crippen molar-refractivity contribution >= 4 is 47.4 Å². The average Bonchev–Trinajstić information content (AvgIpc) is 3.43. The molecule has 1 amide bonds. The molecule has 1 saturated carbocycles. The van der Waals surface area contributed by atoms with E-state index in [4.69, 9.17) is 16.3 Å². The molecule has 0 radical (unpaired) electrons. The van der Waals surface area contributed by atoms with Crippen LogP contribution < -0.4 is 10.6 Å². The Kier molecular flexibility index (Phi) is 10.9. The summed E-state index contributed by atoms with van der Waals surface area (Å²) in [5.41, 5.74) is 0.485. The molecule has 6 nitrogen and oxygen atoms in total. The number of benzene rings is 1. The largest absolute Gasteiger partial charge is 0.379 e. The minimum atomic E-state index is -0.177. The number of nitrogens with zero attached hydrogens (tertiary/aromatic N) is 2. The third-order valence-electron chi connectivity index (χ3n) is 4.01. The number of rotatable bonds is 9. The number of nitrogens with one attached hydrogen (secondary N) is 2. The lowest BCUT2D eigenvalue weighted by molar-refractivity contribution is 0.0954. The van der Waals surface area contributed by atoms with Crippen molar-refractivity contribution in [3.8, 4) is 0 Å². The Morgan fingerprint density at radius 2 is 2.00 bits per heavy atom. The fraction of sp³-hybridized carbons (Fsp3) is 0.556. The molecule has 1 aromatic rings. The molecule has 2 rings (SSSR count). The van der Waals surface area contributed by atoms with Crippen molar-refractivity contribution in [1.82, 2.24) is 15.5 Å². The second-order valence-corrected chi connectivity index (χ2v) is 6.56. The minimum absolute atomic E-state index is 0. The van der Waals surface area contributed by atoms with Crippen LogP contribution in [0.1, 0.15) is 23.2 Å². The molecule has 0 aromatic heterocycles. The van der Waals surface area contributed by atoms with Crippen molar-refractivity contribution in [1.29, 1.82) is 0 Å². The fourth-order valence-corrected chi connectivity index (χ4v) is 2.54. The number of guanidine groups is 1. The lowest BCUT2D eigenvalue weighted by Crippen LogP contribution is -2.43. The monoisotopic (exact) mass is 494 g/mol. The molecular weight excluding hydrogens is 467 g/mol. The standard InChI is InChI=1S/C18H27ClN4O2.HI/c1-20-18(23(2)11-12-25-13-14-7-8-14)22-10-9-21-17(24)15-5-3-4-6-16(15)19;/h3-6,14H,7-13H2,1-2H3,(H,20,22)(H,21,24);1H. The van der Waals surface area contributed by atoms with E-state index in [2.05, 4.69) is 15.6 Å². The molecule has 26 heavy (non-hydrogen) atoms. The van der Waals surface area contributed by atoms with Crippen LogP contribution in [0, 0.1) is 5.92 Å². The molecule has 0 saturated heterocycles. The Morgan fingerprint density at radius 3 is 2.65 bits per heavy atom. The molecule has 0 aliphatic heterocycles. The molecule has 2 N–H and O–H groups in total. The van der Waals surface area contributed by atoms with Crippen LogP contribution in [0.4, 0.5) is 0 Å². The molecule has 1 aromatic carbocycles. The third kappa shape index (κ3) is 8.09. The van der Waals surface area contributed by atoms with Gasteiger partial charge in [-0.25, -0.2) is 0 Å². The number of aliphatic imine (C=N–C) groups is 1. The summed E-state index contributed by atoms with van der Waals surface area (Å²) in [5, 5.41) is 6.52. The Labute approximate surface area is 177 Å². The van der Waals surface area contributed by atoms with Crippen molar-refractivity contribution < 1.29 is 9.53 Å². The van der Waals surface area contributed by atoms with Gasteiger partial charge < -0.3 is 20.3 Å². The van der Waals surface area contributed by atoms with E-state index in [0.29, 0.717) is 30.3 Å². The summed E-state index contributed by atoms with van der Waals surface area (Å²) in [6.07, 6.45) is 2.61. The second kappa shape index (κ2) is 12.3. The highest BCUT2D eigenvalue weighted by atomic mass is 127. The molecule has 1 aliphatic rings. The molecule has 0 spiro atoms. The van der Waals surface area contributed by atoms with Gasteiger partial charge in [-0.05, 0) is 30.9 Å². The number of likely N-dealkylation sites (N-methyl/N-ethyl adjacent to an activating group) is 1. The molecule has 0 bridgehead atoms. The number of ether oxygens (including phenoxy) is 1. The van der Waals surface area contributed by atoms with Gasteiger partial charge in [0.25, 0.3) is 5.91 Å². The zero-order valence-corrected chi connectivity index (χ0v) is 18.4. The van der Waals surface area contributed by atoms with Crippen molar-refractivity contribution in [2.75, 3.05) is 46.9 Å². The van der Waals surface area contributed by atoms with Crippen LogP contribution in [0.15, 0.2) is 29.3 Å². The van der Waals surface area contributed by atoms with E-state index < -0.39 is 0 Å². The predicted molar refractivity (Wildman–Crippen MR) is 117 cm³/mol. The van der Waals surface area contributed by atoms with Crippen LogP contribution in [0.3, 0.4) is 0 Å². The average molecular weight is 495 g/mol. The highest BCUT2D eigenvalue weighted by Crippen LogP contribution is 2.28. The van der Waals surface area contributed by atoms with Crippen molar-refractivity contribution in [3.05, 3.63) is 34.9 Å². The van der Waals surface area contributed by atoms with E-state index >= 15 is 0 Å². The van der Waals surface area contributed by atoms with Crippen LogP contribution in [0.2, 0.25) is 5.02 Å². The normalized spacial score (nSPS) is 13.7. The van der Waals surface area contributed by atoms with Gasteiger partial charge in [-0.2, -0.15) is 0 Å². The van der Waals surface area contributed by atoms with E-state index in [-0.39, 0.29) is 29.9 Å². The summed E-state index contributed by atoms with van der Waals surface area (Å²) >= 11 is 6.02. The van der Waals surface area contributed by atoms with Gasteiger partial charge in [0.2, 0.25) is 0 Å². The maximum atomic E-state index is 12.1. The maximum Gasteiger partial charge on any atom is 0.252 e.